The molecule has 0 aliphatic carbocycles. The lowest BCUT2D eigenvalue weighted by molar-refractivity contribution is 0.232. The maximum absolute atomic E-state index is 5.82. The van der Waals surface area contributed by atoms with Gasteiger partial charge < -0.3 is 4.74 Å². The first-order valence-corrected chi connectivity index (χ1v) is 7.04. The summed E-state index contributed by atoms with van der Waals surface area (Å²) >= 11 is 0. The first-order valence-electron chi connectivity index (χ1n) is 7.04. The fourth-order valence-corrected chi connectivity index (χ4v) is 2.00. The lowest BCUT2D eigenvalue weighted by atomic mass is 9.99. The van der Waals surface area contributed by atoms with Crippen LogP contribution in [0, 0.1) is 5.92 Å². The van der Waals surface area contributed by atoms with Crippen molar-refractivity contribution in [3.05, 3.63) is 30.3 Å². The number of hydrogen-bond donors (Lipinski definition) is 0. The van der Waals surface area contributed by atoms with Crippen LogP contribution >= 0.6 is 0 Å². The Morgan fingerprint density at radius 2 is 1.76 bits per heavy atom. The van der Waals surface area contributed by atoms with Gasteiger partial charge in [0.1, 0.15) is 5.75 Å². The minimum atomic E-state index is 0.715. The lowest BCUT2D eigenvalue weighted by Gasteiger charge is -2.15. The van der Waals surface area contributed by atoms with Gasteiger partial charge in [0.15, 0.2) is 0 Å². The summed E-state index contributed by atoms with van der Waals surface area (Å²) in [5.74, 6) is 1.71. The normalized spacial score (nSPS) is 12.4. The molecule has 1 aromatic carbocycles. The maximum Gasteiger partial charge on any atom is 0.119 e. The van der Waals surface area contributed by atoms with Gasteiger partial charge in [-0.2, -0.15) is 0 Å². The zero-order valence-corrected chi connectivity index (χ0v) is 11.3. The van der Waals surface area contributed by atoms with E-state index in [0.717, 1.165) is 12.4 Å². The standard InChI is InChI=1S/C16H26O/c1-3-5-6-8-11-15(4-2)14-17-16-12-9-7-10-13-16/h7,9-10,12-13,15H,3-6,8,11,14H2,1-2H3. The van der Waals surface area contributed by atoms with E-state index in [-0.39, 0.29) is 0 Å². The highest BCUT2D eigenvalue weighted by molar-refractivity contribution is 5.20. The Bertz CT molecular complexity index is 268. The Morgan fingerprint density at radius 1 is 1.00 bits per heavy atom. The maximum atomic E-state index is 5.82. The second kappa shape index (κ2) is 9.09. The minimum Gasteiger partial charge on any atom is -0.493 e. The molecule has 1 rings (SSSR count). The third-order valence-corrected chi connectivity index (χ3v) is 3.27. The SMILES string of the molecule is CCCCCCC(CC)COc1ccccc1. The molecule has 17 heavy (non-hydrogen) atoms. The topological polar surface area (TPSA) is 9.23 Å². The van der Waals surface area contributed by atoms with Gasteiger partial charge in [-0.1, -0.05) is 64.2 Å². The molecule has 0 aliphatic heterocycles. The highest BCUT2D eigenvalue weighted by Gasteiger charge is 2.06. The van der Waals surface area contributed by atoms with Gasteiger partial charge >= 0.3 is 0 Å². The molecule has 96 valence electrons. The number of hydrogen-bond acceptors (Lipinski definition) is 1. The zero-order chi connectivity index (χ0) is 12.3. The summed E-state index contributed by atoms with van der Waals surface area (Å²) in [7, 11) is 0. The van der Waals surface area contributed by atoms with Crippen molar-refractivity contribution < 1.29 is 4.74 Å². The molecule has 0 radical (unpaired) electrons. The highest BCUT2D eigenvalue weighted by atomic mass is 16.5. The Labute approximate surface area is 106 Å². The van der Waals surface area contributed by atoms with Crippen LogP contribution in [-0.4, -0.2) is 6.61 Å². The first-order chi connectivity index (χ1) is 8.36. The van der Waals surface area contributed by atoms with Crippen molar-refractivity contribution in [3.8, 4) is 5.75 Å². The molecular weight excluding hydrogens is 208 g/mol. The van der Waals surface area contributed by atoms with E-state index in [1.165, 1.54) is 38.5 Å². The van der Waals surface area contributed by atoms with Crippen LogP contribution in [0.4, 0.5) is 0 Å². The van der Waals surface area contributed by atoms with Crippen molar-refractivity contribution in [2.24, 2.45) is 5.92 Å². The number of rotatable bonds is 9. The van der Waals surface area contributed by atoms with E-state index in [0.29, 0.717) is 5.92 Å². The summed E-state index contributed by atoms with van der Waals surface area (Å²) in [6, 6.07) is 10.1. The van der Waals surface area contributed by atoms with Gasteiger partial charge in [0.05, 0.1) is 6.61 Å². The van der Waals surface area contributed by atoms with Crippen LogP contribution in [0.3, 0.4) is 0 Å². The van der Waals surface area contributed by atoms with E-state index in [9.17, 15) is 0 Å². The molecule has 0 spiro atoms. The van der Waals surface area contributed by atoms with Crippen molar-refractivity contribution >= 4 is 0 Å². The summed E-state index contributed by atoms with van der Waals surface area (Å²) in [6.07, 6.45) is 7.94. The van der Waals surface area contributed by atoms with Crippen LogP contribution in [0.2, 0.25) is 0 Å². The predicted octanol–water partition coefficient (Wildman–Crippen LogP) is 5.06. The largest absolute Gasteiger partial charge is 0.493 e. The quantitative estimate of drug-likeness (QED) is 0.542. The van der Waals surface area contributed by atoms with Gasteiger partial charge in [-0.25, -0.2) is 0 Å². The van der Waals surface area contributed by atoms with E-state index in [4.69, 9.17) is 4.74 Å². The Balaban J connectivity index is 2.18. The highest BCUT2D eigenvalue weighted by Crippen LogP contribution is 2.17. The van der Waals surface area contributed by atoms with Gasteiger partial charge in [-0.15, -0.1) is 0 Å². The summed E-state index contributed by atoms with van der Waals surface area (Å²) < 4.78 is 5.82. The number of para-hydroxylation sites is 1. The van der Waals surface area contributed by atoms with Crippen LogP contribution in [0.15, 0.2) is 30.3 Å². The Hall–Kier alpha value is -0.980. The molecular formula is C16H26O. The molecule has 0 saturated heterocycles. The van der Waals surface area contributed by atoms with E-state index in [1.54, 1.807) is 0 Å². The molecule has 1 heteroatoms. The molecule has 0 fully saturated rings. The fraction of sp³-hybridized carbons (Fsp3) is 0.625. The van der Waals surface area contributed by atoms with Gasteiger partial charge in [0.25, 0.3) is 0 Å². The number of benzene rings is 1. The number of ether oxygens (including phenoxy) is 1. The zero-order valence-electron chi connectivity index (χ0n) is 11.3. The van der Waals surface area contributed by atoms with Crippen molar-refractivity contribution in [3.63, 3.8) is 0 Å². The van der Waals surface area contributed by atoms with Crippen LogP contribution < -0.4 is 4.74 Å². The monoisotopic (exact) mass is 234 g/mol. The van der Waals surface area contributed by atoms with Crippen LogP contribution in [0.25, 0.3) is 0 Å². The summed E-state index contributed by atoms with van der Waals surface area (Å²) in [6.45, 7) is 5.39. The average molecular weight is 234 g/mol. The molecule has 1 unspecified atom stereocenters. The second-order valence-corrected chi connectivity index (χ2v) is 4.75. The summed E-state index contributed by atoms with van der Waals surface area (Å²) in [4.78, 5) is 0. The minimum absolute atomic E-state index is 0.715. The van der Waals surface area contributed by atoms with Crippen molar-refractivity contribution in [2.75, 3.05) is 6.61 Å². The molecule has 0 amide bonds. The molecule has 0 heterocycles. The van der Waals surface area contributed by atoms with Gasteiger partial charge in [0.2, 0.25) is 0 Å². The van der Waals surface area contributed by atoms with Crippen molar-refractivity contribution in [1.29, 1.82) is 0 Å². The van der Waals surface area contributed by atoms with Crippen molar-refractivity contribution in [2.45, 2.75) is 52.4 Å². The van der Waals surface area contributed by atoms with E-state index in [1.807, 2.05) is 30.3 Å². The molecule has 0 aliphatic rings. The first kappa shape index (κ1) is 14.1. The molecule has 0 N–H and O–H groups in total. The van der Waals surface area contributed by atoms with E-state index < -0.39 is 0 Å². The number of unbranched alkanes of at least 4 members (excludes halogenated alkanes) is 3. The molecule has 1 aromatic rings. The molecule has 0 bridgehead atoms. The van der Waals surface area contributed by atoms with Crippen LogP contribution in [0.1, 0.15) is 52.4 Å². The predicted molar refractivity (Wildman–Crippen MR) is 74.5 cm³/mol. The fourth-order valence-electron chi connectivity index (χ4n) is 2.00. The summed E-state index contributed by atoms with van der Waals surface area (Å²) in [5, 5.41) is 0. The molecule has 0 saturated carbocycles. The Kier molecular flexibility index (Phi) is 7.53. The Morgan fingerprint density at radius 3 is 2.41 bits per heavy atom. The summed E-state index contributed by atoms with van der Waals surface area (Å²) in [5.41, 5.74) is 0. The molecule has 1 atom stereocenters. The van der Waals surface area contributed by atoms with E-state index in [2.05, 4.69) is 13.8 Å². The van der Waals surface area contributed by atoms with E-state index >= 15 is 0 Å². The van der Waals surface area contributed by atoms with Gasteiger partial charge in [0, 0.05) is 0 Å². The van der Waals surface area contributed by atoms with Crippen LogP contribution in [-0.2, 0) is 0 Å². The smallest absolute Gasteiger partial charge is 0.119 e. The van der Waals surface area contributed by atoms with Gasteiger partial charge in [-0.3, -0.25) is 0 Å². The molecule has 1 nitrogen and oxygen atoms in total. The van der Waals surface area contributed by atoms with Crippen LogP contribution in [0.5, 0.6) is 5.75 Å². The lowest BCUT2D eigenvalue weighted by Crippen LogP contribution is -2.11. The molecule has 0 aromatic heterocycles. The second-order valence-electron chi connectivity index (χ2n) is 4.75. The third-order valence-electron chi connectivity index (χ3n) is 3.27. The third kappa shape index (κ3) is 6.35. The van der Waals surface area contributed by atoms with Gasteiger partial charge in [-0.05, 0) is 24.5 Å². The average Bonchev–Trinajstić information content (AvgIpc) is 2.39. The van der Waals surface area contributed by atoms with Crippen molar-refractivity contribution in [1.82, 2.24) is 0 Å².